The van der Waals surface area contributed by atoms with E-state index in [-0.39, 0.29) is 0 Å². The fourth-order valence-corrected chi connectivity index (χ4v) is 20.6. The van der Waals surface area contributed by atoms with E-state index in [1.165, 1.54) is 98.0 Å². The number of aromatic nitrogens is 3. The van der Waals surface area contributed by atoms with Gasteiger partial charge in [0.25, 0.3) is 0 Å². The zero-order chi connectivity index (χ0) is 97.8. The van der Waals surface area contributed by atoms with Crippen LogP contribution in [0.4, 0.5) is 51.6 Å². The van der Waals surface area contributed by atoms with E-state index in [1.54, 1.807) is 0 Å². The first-order valence-corrected chi connectivity index (χ1v) is 50.1. The van der Waals surface area contributed by atoms with Gasteiger partial charge >= 0.3 is 14.2 Å². The van der Waals surface area contributed by atoms with Crippen LogP contribution in [-0.2, 0) is 18.6 Å². The molecule has 2 saturated heterocycles. The first kappa shape index (κ1) is 91.5. The zero-order valence-electron chi connectivity index (χ0n) is 81.5. The van der Waals surface area contributed by atoms with Crippen LogP contribution in [0.1, 0.15) is 55.4 Å². The molecule has 13 heteroatoms. The van der Waals surface area contributed by atoms with Crippen LogP contribution in [0.25, 0.3) is 153 Å². The summed E-state index contributed by atoms with van der Waals surface area (Å²) in [5.74, 6) is 2.64. The normalized spacial score (nSPS) is 14.0. The number of hydrogen-bond donors (Lipinski definition) is 0. The molecule has 0 unspecified atom stereocenters. The highest BCUT2D eigenvalue weighted by molar-refractivity contribution is 9.10. The van der Waals surface area contributed by atoms with Gasteiger partial charge in [0.15, 0.2) is 0 Å². The van der Waals surface area contributed by atoms with Crippen molar-refractivity contribution < 1.29 is 18.6 Å². The van der Waals surface area contributed by atoms with Crippen LogP contribution in [0.15, 0.2) is 484 Å². The predicted molar refractivity (Wildman–Crippen MR) is 609 cm³/mol. The van der Waals surface area contributed by atoms with Gasteiger partial charge in [0.05, 0.1) is 22.4 Å². The number of benzene rings is 20. The Hall–Kier alpha value is -16.2. The molecule has 23 aromatic rings. The molecule has 20 aromatic carbocycles. The van der Waals surface area contributed by atoms with E-state index in [1.807, 2.05) is 104 Å². The van der Waals surface area contributed by atoms with E-state index < -0.39 is 36.6 Å². The molecular weight excluding hydrogens is 1820 g/mol. The average molecular weight is 1930 g/mol. The van der Waals surface area contributed by atoms with E-state index in [2.05, 4.69) is 467 Å². The summed E-state index contributed by atoms with van der Waals surface area (Å²) in [6.07, 6.45) is 5.51. The molecule has 5 heterocycles. The van der Waals surface area contributed by atoms with Gasteiger partial charge in [-0.25, -0.2) is 15.0 Å². The number of hydrogen-bond acceptors (Lipinski definition) is 10. The zero-order valence-corrected chi connectivity index (χ0v) is 83.0. The third-order valence-corrected chi connectivity index (χ3v) is 29.7. The van der Waals surface area contributed by atoms with Crippen molar-refractivity contribution in [3.63, 3.8) is 0 Å². The standard InChI is InChI=1S/C68H46N4.C46H44B2O4.C17H13BrN2/c1-3-19-57(20-4-1)71(65-23-11-13-41-69-65)59-35-29-49(30-36-59)53-33-39-61-63(45-53)67(55-27-25-47-15-7-9-17-51(47)43-55)62-40-34-54(46-64(62)68(61)56-28-26-48-16-8-10-18-52(48)44-56)50-31-37-60(38-32-50)72(58-21-5-2-6-22-58)66-24-12-14-42-70-66;1-43(2)44(3,4)50-47(49-43)35-21-23-37-39(27-35)41(33-19-17-29-13-9-11-15-31(29)25-33)38-24-22-36(48-51-45(5,6)46(7,8)52-48)28-40(38)42(37)34-20-18-30-14-10-12-16-32(30)26-34;18-14-9-11-16(12-10-14)20(15-6-2-1-3-7-15)17-8-4-5-13-19-17/h1-46H;9-28H,1-8H3;1-13H. The van der Waals surface area contributed by atoms with Crippen molar-refractivity contribution >= 4 is 179 Å². The van der Waals surface area contributed by atoms with Gasteiger partial charge in [-0.3, -0.25) is 14.7 Å². The number of nitrogens with zero attached hydrogens (tertiary/aromatic N) is 6. The van der Waals surface area contributed by atoms with Gasteiger partial charge in [-0.15, -0.1) is 0 Å². The summed E-state index contributed by atoms with van der Waals surface area (Å²) in [5.41, 5.74) is 20.6. The molecule has 2 aliphatic rings. The highest BCUT2D eigenvalue weighted by Gasteiger charge is 2.53. The van der Waals surface area contributed by atoms with Crippen molar-refractivity contribution in [2.45, 2.75) is 77.8 Å². The number of pyridine rings is 3. The minimum atomic E-state index is -0.482. The summed E-state index contributed by atoms with van der Waals surface area (Å²) < 4.78 is 27.5. The summed E-state index contributed by atoms with van der Waals surface area (Å²) in [7, 11) is -0.964. The maximum Gasteiger partial charge on any atom is 0.494 e. The summed E-state index contributed by atoms with van der Waals surface area (Å²) in [6.45, 7) is 16.9. The first-order valence-electron chi connectivity index (χ1n) is 49.3. The molecule has 3 aromatic heterocycles. The van der Waals surface area contributed by atoms with Crippen molar-refractivity contribution in [1.29, 1.82) is 0 Å². The van der Waals surface area contributed by atoms with E-state index in [0.717, 1.165) is 122 Å². The molecule has 0 atom stereocenters. The Labute approximate surface area is 849 Å². The third-order valence-electron chi connectivity index (χ3n) is 29.2. The summed E-state index contributed by atoms with van der Waals surface area (Å²) in [4.78, 5) is 20.5. The second-order valence-corrected chi connectivity index (χ2v) is 40.1. The minimum absolute atomic E-state index is 0.447. The van der Waals surface area contributed by atoms with E-state index >= 15 is 0 Å². The van der Waals surface area contributed by atoms with Crippen LogP contribution in [0.5, 0.6) is 0 Å². The van der Waals surface area contributed by atoms with Gasteiger partial charge in [0.1, 0.15) is 17.5 Å². The Bertz CT molecular complexity index is 8130. The Morgan fingerprint density at radius 1 is 0.194 bits per heavy atom. The number of rotatable bonds is 17. The molecule has 0 N–H and O–H groups in total. The summed E-state index contributed by atoms with van der Waals surface area (Å²) >= 11 is 3.47. The molecule has 0 amide bonds. The van der Waals surface area contributed by atoms with Crippen LogP contribution >= 0.6 is 15.9 Å². The smallest absolute Gasteiger partial charge is 0.399 e. The Balaban J connectivity index is 0.000000138. The molecule has 0 saturated carbocycles. The molecule has 10 nitrogen and oxygen atoms in total. The summed E-state index contributed by atoms with van der Waals surface area (Å²) in [5, 5.41) is 19.2. The van der Waals surface area contributed by atoms with Crippen LogP contribution in [0, 0.1) is 0 Å². The number of fused-ring (bicyclic) bond motifs is 8. The molecule has 25 rings (SSSR count). The predicted octanol–water partition coefficient (Wildman–Crippen LogP) is 34.2. The van der Waals surface area contributed by atoms with Gasteiger partial charge in [-0.2, -0.15) is 0 Å². The largest absolute Gasteiger partial charge is 0.494 e. The second kappa shape index (κ2) is 38.3. The quantitative estimate of drug-likeness (QED) is 0.0649. The van der Waals surface area contributed by atoms with Gasteiger partial charge in [0, 0.05) is 57.2 Å². The van der Waals surface area contributed by atoms with Gasteiger partial charge in [0.2, 0.25) is 0 Å². The van der Waals surface area contributed by atoms with E-state index in [0.29, 0.717) is 0 Å². The molecule has 2 fully saturated rings. The fourth-order valence-electron chi connectivity index (χ4n) is 20.4. The molecule has 0 radical (unpaired) electrons. The first-order chi connectivity index (χ1) is 70.3. The molecule has 0 bridgehead atoms. The highest BCUT2D eigenvalue weighted by atomic mass is 79.9. The van der Waals surface area contributed by atoms with Gasteiger partial charge in [-0.05, 0) is 377 Å². The van der Waals surface area contributed by atoms with Crippen molar-refractivity contribution in [2.24, 2.45) is 0 Å². The van der Waals surface area contributed by atoms with Crippen molar-refractivity contribution in [3.05, 3.63) is 484 Å². The monoisotopic (exact) mass is 1920 g/mol. The van der Waals surface area contributed by atoms with Crippen LogP contribution in [0.3, 0.4) is 0 Å². The lowest BCUT2D eigenvalue weighted by atomic mass is 9.74. The summed E-state index contributed by atoms with van der Waals surface area (Å²) in [6, 6.07) is 165. The maximum atomic E-state index is 6.61. The number of anilines is 9. The van der Waals surface area contributed by atoms with E-state index in [4.69, 9.17) is 28.6 Å². The lowest BCUT2D eigenvalue weighted by Crippen LogP contribution is -2.41. The highest BCUT2D eigenvalue weighted by Crippen LogP contribution is 2.51. The molecule has 2 aliphatic heterocycles. The lowest BCUT2D eigenvalue weighted by Gasteiger charge is -2.32. The van der Waals surface area contributed by atoms with Crippen molar-refractivity contribution in [3.8, 4) is 66.8 Å². The van der Waals surface area contributed by atoms with E-state index in [9.17, 15) is 0 Å². The Morgan fingerprint density at radius 2 is 0.424 bits per heavy atom. The van der Waals surface area contributed by atoms with Gasteiger partial charge in [-0.1, -0.05) is 319 Å². The maximum absolute atomic E-state index is 6.61. The minimum Gasteiger partial charge on any atom is -0.399 e. The third kappa shape index (κ3) is 17.8. The van der Waals surface area contributed by atoms with Crippen molar-refractivity contribution in [1.82, 2.24) is 15.0 Å². The SMILES string of the molecule is Brc1ccc(N(c2ccccc2)c2ccccn2)cc1.CC1(C)OB(c2ccc3c(-c4ccc5ccccc5c4)c4cc(B5OC(C)(C)C(C)(C)O5)ccc4c(-c4ccc5ccccc5c4)c3c2)OC1(C)C.c1ccc(N(c2ccc(-c3ccc4c(-c5ccc6ccccc6c5)c5cc(-c6ccc(N(c7ccccc7)c7ccccn7)cc6)ccc5c(-c5ccc6ccccc6c5)c4c3)cc2)c2ccccn2)cc1. The Kier molecular flexibility index (Phi) is 24.4. The molecule has 694 valence electrons. The topological polar surface area (TPSA) is 85.3 Å². The Morgan fingerprint density at radius 3 is 0.701 bits per heavy atom. The average Bonchev–Trinajstić information content (AvgIpc) is 1.000. The van der Waals surface area contributed by atoms with Gasteiger partial charge < -0.3 is 18.6 Å². The second-order valence-electron chi connectivity index (χ2n) is 39.2. The number of halogens is 1. The molecule has 0 aliphatic carbocycles. The number of para-hydroxylation sites is 3. The van der Waals surface area contributed by atoms with Crippen LogP contribution in [-0.4, -0.2) is 51.6 Å². The van der Waals surface area contributed by atoms with Crippen LogP contribution in [0.2, 0.25) is 0 Å². The molecule has 0 spiro atoms. The van der Waals surface area contributed by atoms with Crippen molar-refractivity contribution in [2.75, 3.05) is 14.7 Å². The molecular formula is C131H103B2BrN6O4. The van der Waals surface area contributed by atoms with Crippen LogP contribution < -0.4 is 25.6 Å². The molecule has 144 heavy (non-hydrogen) atoms. The lowest BCUT2D eigenvalue weighted by molar-refractivity contribution is 0.00578. The fraction of sp³-hybridized carbons (Fsp3) is 0.0916.